The molecule has 26 rings (SSSR count). The number of para-hydroxylation sites is 7. The second kappa shape index (κ2) is 26.8. The highest BCUT2D eigenvalue weighted by atomic mass is 15.0. The van der Waals surface area contributed by atoms with Crippen molar-refractivity contribution in [2.75, 3.05) is 0 Å². The van der Waals surface area contributed by atoms with Crippen LogP contribution in [0.5, 0.6) is 0 Å². The molecule has 0 atom stereocenters. The maximum atomic E-state index is 5.56. The highest BCUT2D eigenvalue weighted by Crippen LogP contribution is 2.47. The van der Waals surface area contributed by atoms with Gasteiger partial charge in [-0.15, -0.1) is 0 Å². The van der Waals surface area contributed by atoms with E-state index >= 15 is 0 Å². The van der Waals surface area contributed by atoms with Crippen LogP contribution in [0.1, 0.15) is 0 Å². The maximum absolute atomic E-state index is 5.56. The number of hydrogen-bond donors (Lipinski definition) is 0. The highest BCUT2D eigenvalue weighted by Gasteiger charge is 2.24. The van der Waals surface area contributed by atoms with Crippen molar-refractivity contribution >= 4 is 174 Å². The van der Waals surface area contributed by atoms with Crippen molar-refractivity contribution in [2.45, 2.75) is 0 Å². The smallest absolute Gasteiger partial charge is 0.0800 e. The van der Waals surface area contributed by atoms with Crippen molar-refractivity contribution in [3.8, 4) is 67.5 Å². The lowest BCUT2D eigenvalue weighted by molar-refractivity contribution is 1.13. The van der Waals surface area contributed by atoms with E-state index < -0.39 is 0 Å². The molecule has 0 saturated heterocycles. The topological polar surface area (TPSA) is 45.5 Å². The third kappa shape index (κ3) is 10.3. The highest BCUT2D eigenvalue weighted by molar-refractivity contribution is 6.33. The Balaban J connectivity index is 0.000000133. The number of fused-ring (bicyclic) bond motifs is 28. The molecule has 6 aromatic heterocycles. The molecular weight excluding hydrogens is 1450 g/mol. The van der Waals surface area contributed by atoms with E-state index in [1.165, 1.54) is 169 Å². The van der Waals surface area contributed by atoms with Crippen LogP contribution >= 0.6 is 0 Å². The van der Waals surface area contributed by atoms with Gasteiger partial charge in [-0.2, -0.15) is 0 Å². The van der Waals surface area contributed by atoms with Gasteiger partial charge in [-0.25, -0.2) is 9.97 Å². The third-order valence-corrected chi connectivity index (χ3v) is 25.3. The van der Waals surface area contributed by atoms with Crippen LogP contribution in [0.25, 0.3) is 241 Å². The second-order valence-electron chi connectivity index (χ2n) is 31.7. The Hall–Kier alpha value is -16.0. The largest absolute Gasteiger partial charge is 0.309 e. The molecule has 0 bridgehead atoms. The predicted molar refractivity (Wildman–Crippen MR) is 508 cm³/mol. The van der Waals surface area contributed by atoms with Crippen LogP contribution in [-0.4, -0.2) is 28.2 Å². The standard InChI is InChI=1S/2C57H35N3/c1-3-21-47-41(15-1)42-16-2-5-23-49(42)57-55(47)48-22-4-6-24-50(48)56(58-57)37-31-29-36(30-32-37)38-33-39(59-51-25-11-7-17-43(51)44-18-8-12-26-52(44)59)35-40(34-38)60-53-27-13-9-19-45(53)46-20-10-14-28-54(46)60;1-2-14-39(15-3-1)59-51-24-12-10-18-43(51)49-34-37(28-32-53(49)59)38-29-33-54-50(35-38)44-19-11-13-25-52(44)60(54)40-30-26-36(27-31-40)56-48-23-9-7-21-46(48)55-45-20-6-4-16-41(45)42-17-5-8-22-47(42)57(55)58-56/h2*1-35H. The maximum Gasteiger partial charge on any atom is 0.0800 e. The van der Waals surface area contributed by atoms with Gasteiger partial charge in [0.1, 0.15) is 0 Å². The molecule has 6 heteroatoms. The molecule has 0 aliphatic carbocycles. The molecule has 20 aromatic carbocycles. The minimum absolute atomic E-state index is 0.995. The minimum atomic E-state index is 0.995. The second-order valence-corrected chi connectivity index (χ2v) is 31.7. The van der Waals surface area contributed by atoms with Crippen LogP contribution in [0, 0.1) is 0 Å². The molecule has 26 aromatic rings. The average molecular weight is 1520 g/mol. The van der Waals surface area contributed by atoms with Crippen molar-refractivity contribution in [3.05, 3.63) is 425 Å². The molecule has 0 unspecified atom stereocenters. The fraction of sp³-hybridized carbons (Fsp3) is 0. The minimum Gasteiger partial charge on any atom is -0.309 e. The van der Waals surface area contributed by atoms with Gasteiger partial charge in [-0.1, -0.05) is 322 Å². The van der Waals surface area contributed by atoms with E-state index in [4.69, 9.17) is 9.97 Å². The molecule has 0 aliphatic rings. The Bertz CT molecular complexity index is 8540. The van der Waals surface area contributed by atoms with Crippen molar-refractivity contribution < 1.29 is 0 Å². The summed E-state index contributed by atoms with van der Waals surface area (Å²) in [6, 6.07) is 155. The summed E-state index contributed by atoms with van der Waals surface area (Å²) in [5.74, 6) is 0. The first kappa shape index (κ1) is 67.3. The molecule has 0 spiro atoms. The van der Waals surface area contributed by atoms with E-state index in [9.17, 15) is 0 Å². The fourth-order valence-electron chi connectivity index (χ4n) is 20.1. The molecule has 0 saturated carbocycles. The quantitative estimate of drug-likeness (QED) is 0.142. The lowest BCUT2D eigenvalue weighted by Gasteiger charge is -2.17. The van der Waals surface area contributed by atoms with Crippen LogP contribution < -0.4 is 0 Å². The lowest BCUT2D eigenvalue weighted by atomic mass is 9.92. The summed E-state index contributed by atoms with van der Waals surface area (Å²) in [5.41, 5.74) is 25.0. The van der Waals surface area contributed by atoms with E-state index in [1.54, 1.807) is 0 Å². The first-order valence-electron chi connectivity index (χ1n) is 41.3. The van der Waals surface area contributed by atoms with Gasteiger partial charge in [-0.3, -0.25) is 0 Å². The van der Waals surface area contributed by atoms with Gasteiger partial charge in [0.15, 0.2) is 0 Å². The lowest BCUT2D eigenvalue weighted by Crippen LogP contribution is -2.00. The average Bonchev–Trinajstić information content (AvgIpc) is 1.22. The van der Waals surface area contributed by atoms with Gasteiger partial charge < -0.3 is 18.3 Å². The molecule has 6 nitrogen and oxygen atoms in total. The molecule has 0 N–H and O–H groups in total. The molecule has 6 heterocycles. The molecule has 0 fully saturated rings. The normalized spacial score (nSPS) is 12.0. The molecular formula is C114H70N6. The van der Waals surface area contributed by atoms with E-state index in [2.05, 4.69) is 443 Å². The van der Waals surface area contributed by atoms with Crippen LogP contribution in [0.15, 0.2) is 425 Å². The first-order chi connectivity index (χ1) is 59.6. The van der Waals surface area contributed by atoms with Gasteiger partial charge in [0.25, 0.3) is 0 Å². The van der Waals surface area contributed by atoms with Gasteiger partial charge >= 0.3 is 0 Å². The van der Waals surface area contributed by atoms with Gasteiger partial charge in [0.05, 0.1) is 66.6 Å². The van der Waals surface area contributed by atoms with Gasteiger partial charge in [-0.05, 0) is 168 Å². The first-order valence-corrected chi connectivity index (χ1v) is 41.3. The fourth-order valence-corrected chi connectivity index (χ4v) is 20.1. The Kier molecular flexibility index (Phi) is 15.0. The Labute approximate surface area is 689 Å². The summed E-state index contributed by atoms with van der Waals surface area (Å²) in [4.78, 5) is 11.1. The summed E-state index contributed by atoms with van der Waals surface area (Å²) >= 11 is 0. The van der Waals surface area contributed by atoms with Crippen molar-refractivity contribution in [2.24, 2.45) is 0 Å². The molecule has 120 heavy (non-hydrogen) atoms. The predicted octanol–water partition coefficient (Wildman–Crippen LogP) is 30.4. The van der Waals surface area contributed by atoms with E-state index in [1.807, 2.05) is 0 Å². The zero-order chi connectivity index (χ0) is 78.6. The van der Waals surface area contributed by atoms with E-state index in [0.717, 1.165) is 72.5 Å². The van der Waals surface area contributed by atoms with Gasteiger partial charge in [0, 0.05) is 109 Å². The van der Waals surface area contributed by atoms with Crippen molar-refractivity contribution in [1.82, 2.24) is 28.2 Å². The summed E-state index contributed by atoms with van der Waals surface area (Å²) in [5, 5.41) is 27.0. The molecule has 0 amide bonds. The van der Waals surface area contributed by atoms with Gasteiger partial charge in [0.2, 0.25) is 0 Å². The molecule has 556 valence electrons. The van der Waals surface area contributed by atoms with Crippen LogP contribution in [0.3, 0.4) is 0 Å². The van der Waals surface area contributed by atoms with Crippen molar-refractivity contribution in [1.29, 1.82) is 0 Å². The number of rotatable bonds is 8. The summed E-state index contributed by atoms with van der Waals surface area (Å²) in [6.45, 7) is 0. The number of aromatic nitrogens is 6. The SMILES string of the molecule is c1ccc(-n2c3ccccc3c3cc(-c4ccc5c(c4)c4ccccc4n5-c4ccc(-c5nc6c7ccccc7c7ccccc7c6c6ccccc56)cc4)ccc32)cc1.c1ccc2c(c1)c(-c1ccc(-c3cc(-n4c5ccccc5c5ccccc54)cc(-n4c5ccccc5c5ccccc54)c3)cc1)nc1c3ccccc3c3ccccc3c21. The van der Waals surface area contributed by atoms with E-state index in [-0.39, 0.29) is 0 Å². The number of nitrogens with zero attached hydrogens (tertiary/aromatic N) is 6. The summed E-state index contributed by atoms with van der Waals surface area (Å²) in [6.07, 6.45) is 0. The Morgan fingerprint density at radius 3 is 0.742 bits per heavy atom. The molecule has 0 radical (unpaired) electrons. The zero-order valence-corrected chi connectivity index (χ0v) is 65.1. The summed E-state index contributed by atoms with van der Waals surface area (Å²) in [7, 11) is 0. The van der Waals surface area contributed by atoms with Crippen LogP contribution in [0.2, 0.25) is 0 Å². The monoisotopic (exact) mass is 1520 g/mol. The van der Waals surface area contributed by atoms with Crippen LogP contribution in [-0.2, 0) is 0 Å². The van der Waals surface area contributed by atoms with Crippen molar-refractivity contribution in [3.63, 3.8) is 0 Å². The zero-order valence-electron chi connectivity index (χ0n) is 65.1. The Morgan fingerprint density at radius 1 is 0.133 bits per heavy atom. The number of benzene rings is 20. The third-order valence-electron chi connectivity index (χ3n) is 25.3. The van der Waals surface area contributed by atoms with Crippen LogP contribution in [0.4, 0.5) is 0 Å². The number of hydrogen-bond acceptors (Lipinski definition) is 2. The van der Waals surface area contributed by atoms with E-state index in [0.29, 0.717) is 0 Å². The summed E-state index contributed by atoms with van der Waals surface area (Å²) < 4.78 is 9.64. The Morgan fingerprint density at radius 2 is 0.375 bits per heavy atom. The molecule has 0 aliphatic heterocycles. The number of pyridine rings is 2.